The van der Waals surface area contributed by atoms with Gasteiger partial charge in [0.2, 0.25) is 0 Å². The van der Waals surface area contributed by atoms with E-state index < -0.39 is 0 Å². The fourth-order valence-corrected chi connectivity index (χ4v) is 5.06. The summed E-state index contributed by atoms with van der Waals surface area (Å²) in [5, 5.41) is 4.28. The summed E-state index contributed by atoms with van der Waals surface area (Å²) in [7, 11) is 0. The van der Waals surface area contributed by atoms with E-state index in [9.17, 15) is 0 Å². The normalized spacial score (nSPS) is 18.1. The summed E-state index contributed by atoms with van der Waals surface area (Å²) in [5.74, 6) is 0. The Morgan fingerprint density at radius 2 is 1.56 bits per heavy atom. The summed E-state index contributed by atoms with van der Waals surface area (Å²) < 4.78 is 2.33. The molecule has 0 unspecified atom stereocenters. The fourth-order valence-electron chi connectivity index (χ4n) is 4.72. The van der Waals surface area contributed by atoms with Crippen LogP contribution in [0.1, 0.15) is 40.3 Å². The van der Waals surface area contributed by atoms with Crippen LogP contribution in [0.4, 0.5) is 5.69 Å². The smallest absolute Gasteiger partial charge is 0.174 e. The molecule has 2 aromatic heterocycles. The van der Waals surface area contributed by atoms with Gasteiger partial charge in [0, 0.05) is 29.0 Å². The maximum absolute atomic E-state index is 5.85. The first-order valence-corrected chi connectivity index (χ1v) is 11.3. The van der Waals surface area contributed by atoms with Crippen molar-refractivity contribution >= 4 is 23.0 Å². The third kappa shape index (κ3) is 3.49. The highest BCUT2D eigenvalue weighted by atomic mass is 32.1. The van der Waals surface area contributed by atoms with E-state index in [1.165, 1.54) is 28.2 Å². The molecule has 1 saturated heterocycles. The van der Waals surface area contributed by atoms with E-state index in [2.05, 4.69) is 101 Å². The van der Waals surface area contributed by atoms with Gasteiger partial charge in [-0.2, -0.15) is 0 Å². The van der Waals surface area contributed by atoms with E-state index >= 15 is 0 Å². The molecule has 4 aromatic rings. The average molecular weight is 439 g/mol. The van der Waals surface area contributed by atoms with Crippen LogP contribution in [0.15, 0.2) is 85.1 Å². The zero-order valence-corrected chi connectivity index (χ0v) is 19.3. The molecule has 0 bridgehead atoms. The lowest BCUT2D eigenvalue weighted by molar-refractivity contribution is 0.565. The molecule has 1 aliphatic heterocycles. The van der Waals surface area contributed by atoms with Crippen LogP contribution in [0.3, 0.4) is 0 Å². The zero-order chi connectivity index (χ0) is 22.2. The lowest BCUT2D eigenvalue weighted by Crippen LogP contribution is -2.29. The minimum Gasteiger partial charge on any atom is -0.351 e. The average Bonchev–Trinajstić information content (AvgIpc) is 3.31. The molecule has 5 heteroatoms. The van der Waals surface area contributed by atoms with E-state index in [-0.39, 0.29) is 12.1 Å². The van der Waals surface area contributed by atoms with Crippen molar-refractivity contribution in [2.24, 2.45) is 0 Å². The summed E-state index contributed by atoms with van der Waals surface area (Å²) >= 11 is 5.85. The molecule has 32 heavy (non-hydrogen) atoms. The number of benzene rings is 2. The summed E-state index contributed by atoms with van der Waals surface area (Å²) in [5.41, 5.74) is 8.15. The van der Waals surface area contributed by atoms with Gasteiger partial charge in [-0.3, -0.25) is 4.98 Å². The molecular formula is C27H26N4S. The monoisotopic (exact) mass is 438 g/mol. The van der Waals surface area contributed by atoms with Crippen molar-refractivity contribution < 1.29 is 0 Å². The number of hydrogen-bond donors (Lipinski definition) is 1. The van der Waals surface area contributed by atoms with Crippen molar-refractivity contribution in [2.45, 2.75) is 32.9 Å². The number of thiocarbonyl (C=S) groups is 1. The number of anilines is 1. The number of nitrogens with zero attached hydrogens (tertiary/aromatic N) is 3. The van der Waals surface area contributed by atoms with Crippen LogP contribution >= 0.6 is 12.2 Å². The van der Waals surface area contributed by atoms with Crippen LogP contribution in [0, 0.1) is 20.8 Å². The lowest BCUT2D eigenvalue weighted by Gasteiger charge is -2.28. The molecule has 0 spiro atoms. The van der Waals surface area contributed by atoms with Gasteiger partial charge in [-0.1, -0.05) is 42.0 Å². The molecule has 3 heterocycles. The maximum atomic E-state index is 5.85. The second kappa shape index (κ2) is 8.24. The van der Waals surface area contributed by atoms with Gasteiger partial charge in [0.05, 0.1) is 17.8 Å². The molecule has 0 aliphatic carbocycles. The van der Waals surface area contributed by atoms with Gasteiger partial charge >= 0.3 is 0 Å². The molecule has 5 rings (SSSR count). The van der Waals surface area contributed by atoms with Gasteiger partial charge in [0.15, 0.2) is 5.11 Å². The van der Waals surface area contributed by atoms with E-state index in [1.54, 1.807) is 0 Å². The number of nitrogens with one attached hydrogen (secondary N) is 1. The van der Waals surface area contributed by atoms with Crippen molar-refractivity contribution in [3.8, 4) is 5.69 Å². The molecule has 0 saturated carbocycles. The second-order valence-corrected chi connectivity index (χ2v) is 8.72. The molecule has 0 amide bonds. The number of aromatic nitrogens is 2. The fraction of sp³-hybridized carbons (Fsp3) is 0.185. The summed E-state index contributed by atoms with van der Waals surface area (Å²) in [6.07, 6.45) is 1.85. The van der Waals surface area contributed by atoms with Gasteiger partial charge in [-0.05, 0) is 81.0 Å². The van der Waals surface area contributed by atoms with Crippen molar-refractivity contribution in [3.05, 3.63) is 113 Å². The van der Waals surface area contributed by atoms with E-state index in [0.29, 0.717) is 0 Å². The van der Waals surface area contributed by atoms with Crippen LogP contribution in [-0.4, -0.2) is 14.7 Å². The maximum Gasteiger partial charge on any atom is 0.174 e. The number of aryl methyl sites for hydroxylation is 2. The third-order valence-electron chi connectivity index (χ3n) is 6.21. The van der Waals surface area contributed by atoms with Crippen molar-refractivity contribution in [1.29, 1.82) is 0 Å². The quantitative estimate of drug-likeness (QED) is 0.398. The topological polar surface area (TPSA) is 33.1 Å². The highest BCUT2D eigenvalue weighted by Gasteiger charge is 2.42. The second-order valence-electron chi connectivity index (χ2n) is 8.33. The highest BCUT2D eigenvalue weighted by molar-refractivity contribution is 7.80. The van der Waals surface area contributed by atoms with Gasteiger partial charge < -0.3 is 14.8 Å². The predicted molar refractivity (Wildman–Crippen MR) is 134 cm³/mol. The van der Waals surface area contributed by atoms with Crippen molar-refractivity contribution in [3.63, 3.8) is 0 Å². The summed E-state index contributed by atoms with van der Waals surface area (Å²) in [6, 6.07) is 27.3. The Hall–Kier alpha value is -3.44. The molecular weight excluding hydrogens is 412 g/mol. The van der Waals surface area contributed by atoms with Gasteiger partial charge in [0.25, 0.3) is 0 Å². The van der Waals surface area contributed by atoms with Crippen molar-refractivity contribution in [2.75, 3.05) is 4.90 Å². The van der Waals surface area contributed by atoms with Crippen LogP contribution in [0.2, 0.25) is 0 Å². The SMILES string of the molecule is Cc1ccc(-n2c(C)cc([C@@H]3[C@@H](c4ccccn4)NC(=S)N3c3ccccc3)c2C)cc1. The summed E-state index contributed by atoms with van der Waals surface area (Å²) in [6.45, 7) is 6.48. The number of para-hydroxylation sites is 1. The number of pyridine rings is 1. The lowest BCUT2D eigenvalue weighted by atomic mass is 9.96. The van der Waals surface area contributed by atoms with E-state index in [1.807, 2.05) is 24.4 Å². The van der Waals surface area contributed by atoms with Crippen LogP contribution in [0.25, 0.3) is 5.69 Å². The first-order valence-electron chi connectivity index (χ1n) is 10.9. The van der Waals surface area contributed by atoms with E-state index in [0.717, 1.165) is 16.5 Å². The zero-order valence-electron chi connectivity index (χ0n) is 18.5. The molecule has 1 N–H and O–H groups in total. The van der Waals surface area contributed by atoms with Gasteiger partial charge in [-0.25, -0.2) is 0 Å². The van der Waals surface area contributed by atoms with Crippen molar-refractivity contribution in [1.82, 2.24) is 14.9 Å². The first-order chi connectivity index (χ1) is 15.5. The molecule has 4 nitrogen and oxygen atoms in total. The van der Waals surface area contributed by atoms with Gasteiger partial charge in [-0.15, -0.1) is 0 Å². The largest absolute Gasteiger partial charge is 0.351 e. The predicted octanol–water partition coefficient (Wildman–Crippen LogP) is 5.97. The van der Waals surface area contributed by atoms with Crippen LogP contribution in [-0.2, 0) is 0 Å². The minimum absolute atomic E-state index is 0.00908. The Morgan fingerprint density at radius 1 is 0.844 bits per heavy atom. The molecule has 2 aromatic carbocycles. The molecule has 1 fully saturated rings. The Balaban J connectivity index is 1.67. The standard InChI is InChI=1S/C27H26N4S/c1-18-12-14-22(15-13-18)30-19(2)17-23(20(30)3)26-25(24-11-7-8-16-28-24)29-27(32)31(26)21-9-5-4-6-10-21/h4-17,25-26H,1-3H3,(H,29,32)/t25-,26-/m1/s1. The molecule has 1 aliphatic rings. The van der Waals surface area contributed by atoms with E-state index in [4.69, 9.17) is 12.2 Å². The van der Waals surface area contributed by atoms with Crippen LogP contribution in [0.5, 0.6) is 0 Å². The van der Waals surface area contributed by atoms with Gasteiger partial charge in [0.1, 0.15) is 0 Å². The number of hydrogen-bond acceptors (Lipinski definition) is 2. The molecule has 0 radical (unpaired) electrons. The third-order valence-corrected chi connectivity index (χ3v) is 6.53. The summed E-state index contributed by atoms with van der Waals surface area (Å²) in [4.78, 5) is 6.90. The Kier molecular flexibility index (Phi) is 5.27. The Labute approximate surface area is 194 Å². The minimum atomic E-state index is -0.0455. The van der Waals surface area contributed by atoms with Crippen LogP contribution < -0.4 is 10.2 Å². The number of rotatable bonds is 4. The molecule has 160 valence electrons. The highest BCUT2D eigenvalue weighted by Crippen LogP contribution is 2.43. The Morgan fingerprint density at radius 3 is 2.25 bits per heavy atom. The molecule has 2 atom stereocenters. The Bertz CT molecular complexity index is 1250. The first kappa shape index (κ1) is 20.5.